The van der Waals surface area contributed by atoms with E-state index in [0.29, 0.717) is 21.8 Å². The molecule has 0 aliphatic carbocycles. The SMILES string of the molecule is CSc1ncccc1C(=O)O[C@H](C)C(=O)c1ccc(NS(C)(=O)=O)cc1. The molecule has 9 heteroatoms. The molecule has 0 amide bonds. The molecular formula is C17H18N2O5S2. The van der Waals surface area contributed by atoms with Crippen molar-refractivity contribution in [1.29, 1.82) is 0 Å². The van der Waals surface area contributed by atoms with Crippen molar-refractivity contribution in [3.63, 3.8) is 0 Å². The van der Waals surface area contributed by atoms with Gasteiger partial charge in [0.25, 0.3) is 0 Å². The zero-order valence-electron chi connectivity index (χ0n) is 14.4. The topological polar surface area (TPSA) is 102 Å². The summed E-state index contributed by atoms with van der Waals surface area (Å²) in [6, 6.07) is 9.08. The standard InChI is InChI=1S/C17H18N2O5S2/c1-11(24-17(21)14-5-4-10-18-16(14)25-2)15(20)12-6-8-13(9-7-12)19-26(3,22)23/h4-11,19H,1-3H3/t11-/m1/s1. The van der Waals surface area contributed by atoms with E-state index in [1.165, 1.54) is 43.0 Å². The maximum absolute atomic E-state index is 12.4. The number of rotatable bonds is 7. The van der Waals surface area contributed by atoms with Crippen molar-refractivity contribution in [1.82, 2.24) is 4.98 Å². The highest BCUT2D eigenvalue weighted by atomic mass is 32.2. The summed E-state index contributed by atoms with van der Waals surface area (Å²) in [5.74, 6) is -1.02. The second kappa shape index (κ2) is 8.33. The van der Waals surface area contributed by atoms with Crippen molar-refractivity contribution in [2.45, 2.75) is 18.1 Å². The summed E-state index contributed by atoms with van der Waals surface area (Å²) in [5, 5.41) is 0.522. The first kappa shape index (κ1) is 19.9. The molecule has 0 saturated carbocycles. The zero-order chi connectivity index (χ0) is 19.3. The number of hydrogen-bond acceptors (Lipinski definition) is 7. The zero-order valence-corrected chi connectivity index (χ0v) is 16.1. The number of carbonyl (C=O) groups excluding carboxylic acids is 2. The molecule has 0 fully saturated rings. The molecule has 2 rings (SSSR count). The van der Waals surface area contributed by atoms with Crippen LogP contribution in [0.15, 0.2) is 47.6 Å². The number of carbonyl (C=O) groups is 2. The molecule has 1 atom stereocenters. The van der Waals surface area contributed by atoms with Gasteiger partial charge in [-0.3, -0.25) is 9.52 Å². The summed E-state index contributed by atoms with van der Waals surface area (Å²) in [6.45, 7) is 1.48. The number of thioether (sulfide) groups is 1. The number of nitrogens with zero attached hydrogens (tertiary/aromatic N) is 1. The van der Waals surface area contributed by atoms with E-state index >= 15 is 0 Å². The Morgan fingerprint density at radius 2 is 1.85 bits per heavy atom. The fourth-order valence-corrected chi connectivity index (χ4v) is 3.24. The summed E-state index contributed by atoms with van der Waals surface area (Å²) >= 11 is 1.31. The van der Waals surface area contributed by atoms with Crippen LogP contribution in [0.4, 0.5) is 5.69 Å². The fraction of sp³-hybridized carbons (Fsp3) is 0.235. The Morgan fingerprint density at radius 1 is 1.19 bits per heavy atom. The predicted octanol–water partition coefficient (Wildman–Crippen LogP) is 2.60. The smallest absolute Gasteiger partial charge is 0.341 e. The highest BCUT2D eigenvalue weighted by Gasteiger charge is 2.22. The molecule has 0 unspecified atom stereocenters. The number of ketones is 1. The number of pyridine rings is 1. The first-order valence-electron chi connectivity index (χ1n) is 7.53. The van der Waals surface area contributed by atoms with Crippen LogP contribution in [-0.2, 0) is 14.8 Å². The van der Waals surface area contributed by atoms with Crippen LogP contribution >= 0.6 is 11.8 Å². The minimum absolute atomic E-state index is 0.298. The average Bonchev–Trinajstić information content (AvgIpc) is 2.60. The lowest BCUT2D eigenvalue weighted by Crippen LogP contribution is -2.24. The van der Waals surface area contributed by atoms with Crippen molar-refractivity contribution in [3.8, 4) is 0 Å². The second-order valence-corrected chi connectivity index (χ2v) is 7.97. The van der Waals surface area contributed by atoms with Crippen LogP contribution < -0.4 is 4.72 Å². The molecule has 0 bridgehead atoms. The summed E-state index contributed by atoms with van der Waals surface area (Å²) in [6.07, 6.45) is 3.41. The largest absolute Gasteiger partial charge is 0.451 e. The normalized spacial score (nSPS) is 12.3. The van der Waals surface area contributed by atoms with Crippen LogP contribution in [-0.4, -0.2) is 43.8 Å². The summed E-state index contributed by atoms with van der Waals surface area (Å²) in [4.78, 5) is 28.8. The van der Waals surface area contributed by atoms with Gasteiger partial charge in [0.2, 0.25) is 15.8 Å². The number of hydrogen-bond donors (Lipinski definition) is 1. The quantitative estimate of drug-likeness (QED) is 0.437. The average molecular weight is 394 g/mol. The van der Waals surface area contributed by atoms with Crippen molar-refractivity contribution < 1.29 is 22.7 Å². The number of benzene rings is 1. The number of ether oxygens (including phenoxy) is 1. The van der Waals surface area contributed by atoms with Crippen molar-refractivity contribution in [3.05, 3.63) is 53.7 Å². The Labute approximate surface area is 156 Å². The van der Waals surface area contributed by atoms with Gasteiger partial charge in [0.1, 0.15) is 5.03 Å². The van der Waals surface area contributed by atoms with Gasteiger partial charge in [-0.25, -0.2) is 18.2 Å². The number of Topliss-reactive ketones (excluding diaryl/α,β-unsaturated/α-hetero) is 1. The van der Waals surface area contributed by atoms with E-state index < -0.39 is 22.1 Å². The van der Waals surface area contributed by atoms with Gasteiger partial charge in [-0.05, 0) is 49.6 Å². The van der Waals surface area contributed by atoms with Gasteiger partial charge in [0.05, 0.1) is 11.8 Å². The van der Waals surface area contributed by atoms with Gasteiger partial charge in [-0.2, -0.15) is 0 Å². The predicted molar refractivity (Wildman–Crippen MR) is 100 cm³/mol. The van der Waals surface area contributed by atoms with E-state index in [1.807, 2.05) is 0 Å². The van der Waals surface area contributed by atoms with Crippen LogP contribution in [0, 0.1) is 0 Å². The molecule has 26 heavy (non-hydrogen) atoms. The van der Waals surface area contributed by atoms with Crippen molar-refractivity contribution >= 4 is 39.2 Å². The molecule has 2 aromatic rings. The molecule has 0 aliphatic rings. The van der Waals surface area contributed by atoms with Crippen LogP contribution in [0.3, 0.4) is 0 Å². The molecular weight excluding hydrogens is 376 g/mol. The molecule has 0 radical (unpaired) electrons. The lowest BCUT2D eigenvalue weighted by molar-refractivity contribution is 0.0314. The Kier molecular flexibility index (Phi) is 6.38. The first-order chi connectivity index (χ1) is 12.2. The van der Waals surface area contributed by atoms with Crippen LogP contribution in [0.2, 0.25) is 0 Å². The molecule has 1 heterocycles. The number of sulfonamides is 1. The van der Waals surface area contributed by atoms with Crippen LogP contribution in [0.1, 0.15) is 27.6 Å². The molecule has 0 spiro atoms. The minimum Gasteiger partial charge on any atom is -0.451 e. The summed E-state index contributed by atoms with van der Waals surface area (Å²) in [7, 11) is -3.39. The monoisotopic (exact) mass is 394 g/mol. The molecule has 0 aliphatic heterocycles. The molecule has 7 nitrogen and oxygen atoms in total. The maximum Gasteiger partial charge on any atom is 0.341 e. The van der Waals surface area contributed by atoms with E-state index in [-0.39, 0.29) is 5.78 Å². The lowest BCUT2D eigenvalue weighted by atomic mass is 10.1. The van der Waals surface area contributed by atoms with Gasteiger partial charge < -0.3 is 4.74 Å². The number of nitrogens with one attached hydrogen (secondary N) is 1. The first-order valence-corrected chi connectivity index (χ1v) is 10.6. The number of esters is 1. The van der Waals surface area contributed by atoms with E-state index in [0.717, 1.165) is 6.26 Å². The third kappa shape index (κ3) is 5.30. The van der Waals surface area contributed by atoms with Crippen LogP contribution in [0.5, 0.6) is 0 Å². The van der Waals surface area contributed by atoms with Crippen LogP contribution in [0.25, 0.3) is 0 Å². The molecule has 1 aromatic carbocycles. The molecule has 0 saturated heterocycles. The highest BCUT2D eigenvalue weighted by Crippen LogP contribution is 2.19. The third-order valence-corrected chi connectivity index (χ3v) is 4.63. The molecule has 1 N–H and O–H groups in total. The highest BCUT2D eigenvalue weighted by molar-refractivity contribution is 7.98. The van der Waals surface area contributed by atoms with Gasteiger partial charge in [-0.15, -0.1) is 11.8 Å². The Morgan fingerprint density at radius 3 is 2.42 bits per heavy atom. The Bertz CT molecular complexity index is 911. The lowest BCUT2D eigenvalue weighted by Gasteiger charge is -2.13. The van der Waals surface area contributed by atoms with Gasteiger partial charge in [0, 0.05) is 17.4 Å². The minimum atomic E-state index is -3.39. The fourth-order valence-electron chi connectivity index (χ4n) is 2.14. The number of anilines is 1. The number of aromatic nitrogens is 1. The second-order valence-electron chi connectivity index (χ2n) is 5.42. The van der Waals surface area contributed by atoms with Crippen molar-refractivity contribution in [2.24, 2.45) is 0 Å². The van der Waals surface area contributed by atoms with E-state index in [1.54, 1.807) is 24.6 Å². The van der Waals surface area contributed by atoms with E-state index in [2.05, 4.69) is 9.71 Å². The Hall–Kier alpha value is -2.39. The molecule has 138 valence electrons. The molecule has 1 aromatic heterocycles. The van der Waals surface area contributed by atoms with Gasteiger partial charge in [0.15, 0.2) is 6.10 Å². The summed E-state index contributed by atoms with van der Waals surface area (Å²) in [5.41, 5.74) is 0.946. The van der Waals surface area contributed by atoms with E-state index in [9.17, 15) is 18.0 Å². The summed E-state index contributed by atoms with van der Waals surface area (Å²) < 4.78 is 29.9. The Balaban J connectivity index is 2.08. The third-order valence-electron chi connectivity index (χ3n) is 3.31. The van der Waals surface area contributed by atoms with Gasteiger partial charge >= 0.3 is 5.97 Å². The van der Waals surface area contributed by atoms with Gasteiger partial charge in [-0.1, -0.05) is 0 Å². The maximum atomic E-state index is 12.4. The van der Waals surface area contributed by atoms with Crippen molar-refractivity contribution in [2.75, 3.05) is 17.2 Å². The van der Waals surface area contributed by atoms with E-state index in [4.69, 9.17) is 4.74 Å².